The largest absolute Gasteiger partial charge is 0.366 e. The fraction of sp³-hybridized carbons (Fsp3) is 0.381. The Morgan fingerprint density at radius 3 is 2.62 bits per heavy atom. The number of thioether (sulfide) groups is 1. The second-order valence-electron chi connectivity index (χ2n) is 7.32. The average Bonchev–Trinajstić information content (AvgIpc) is 2.70. The molecule has 0 spiro atoms. The summed E-state index contributed by atoms with van der Waals surface area (Å²) in [5.41, 5.74) is 3.16. The molecule has 2 aromatic rings. The summed E-state index contributed by atoms with van der Waals surface area (Å²) in [5, 5.41) is 0.805. The number of fused-ring (bicyclic) bond motifs is 1. The van der Waals surface area contributed by atoms with Gasteiger partial charge in [0.05, 0.1) is 17.1 Å². The SMILES string of the molecule is Cc1cc(C)c2c(n1)SCC(=O)N2CC(=O)N1CCN(c2ccccc2F)CC1. The van der Waals surface area contributed by atoms with Crippen LogP contribution in [-0.4, -0.2) is 60.2 Å². The predicted molar refractivity (Wildman–Crippen MR) is 112 cm³/mol. The van der Waals surface area contributed by atoms with Gasteiger partial charge in [0.15, 0.2) is 0 Å². The summed E-state index contributed by atoms with van der Waals surface area (Å²) in [5.74, 6) is -0.130. The van der Waals surface area contributed by atoms with E-state index in [0.717, 1.165) is 22.0 Å². The number of pyridine rings is 1. The van der Waals surface area contributed by atoms with E-state index < -0.39 is 0 Å². The van der Waals surface area contributed by atoms with Crippen LogP contribution in [0.4, 0.5) is 15.8 Å². The van der Waals surface area contributed by atoms with Gasteiger partial charge in [-0.25, -0.2) is 9.37 Å². The molecule has 2 aliphatic rings. The van der Waals surface area contributed by atoms with Gasteiger partial charge in [0.25, 0.3) is 0 Å². The molecule has 0 atom stereocenters. The van der Waals surface area contributed by atoms with Gasteiger partial charge in [-0.2, -0.15) is 0 Å². The molecule has 0 saturated carbocycles. The third kappa shape index (κ3) is 3.94. The fourth-order valence-electron chi connectivity index (χ4n) is 3.86. The molecule has 1 aromatic heterocycles. The van der Waals surface area contributed by atoms with Crippen molar-refractivity contribution in [3.8, 4) is 0 Å². The van der Waals surface area contributed by atoms with Gasteiger partial charge in [-0.05, 0) is 37.6 Å². The highest BCUT2D eigenvalue weighted by molar-refractivity contribution is 8.00. The van der Waals surface area contributed by atoms with Gasteiger partial charge in [0.2, 0.25) is 11.8 Å². The van der Waals surface area contributed by atoms with Crippen molar-refractivity contribution < 1.29 is 14.0 Å². The minimum absolute atomic E-state index is 0.0116. The van der Waals surface area contributed by atoms with Crippen molar-refractivity contribution >= 4 is 35.0 Å². The van der Waals surface area contributed by atoms with Crippen LogP contribution < -0.4 is 9.80 Å². The first-order chi connectivity index (χ1) is 13.9. The summed E-state index contributed by atoms with van der Waals surface area (Å²) in [6.07, 6.45) is 0. The van der Waals surface area contributed by atoms with E-state index in [4.69, 9.17) is 0 Å². The zero-order valence-electron chi connectivity index (χ0n) is 16.5. The fourth-order valence-corrected chi connectivity index (χ4v) is 4.90. The Balaban J connectivity index is 1.45. The quantitative estimate of drug-likeness (QED) is 0.773. The van der Waals surface area contributed by atoms with Crippen LogP contribution in [0.1, 0.15) is 11.3 Å². The summed E-state index contributed by atoms with van der Waals surface area (Å²) < 4.78 is 14.0. The lowest BCUT2D eigenvalue weighted by Gasteiger charge is -2.37. The number of hydrogen-bond acceptors (Lipinski definition) is 5. The van der Waals surface area contributed by atoms with E-state index >= 15 is 0 Å². The van der Waals surface area contributed by atoms with Gasteiger partial charge in [0, 0.05) is 31.9 Å². The highest BCUT2D eigenvalue weighted by Crippen LogP contribution is 2.36. The number of amides is 2. The first kappa shape index (κ1) is 19.7. The number of carbonyl (C=O) groups excluding carboxylic acids is 2. The van der Waals surface area contributed by atoms with E-state index in [9.17, 15) is 14.0 Å². The molecule has 2 aliphatic heterocycles. The third-order valence-electron chi connectivity index (χ3n) is 5.30. The molecule has 0 bridgehead atoms. The summed E-state index contributed by atoms with van der Waals surface area (Å²) in [6.45, 7) is 6.01. The zero-order chi connectivity index (χ0) is 20.5. The van der Waals surface area contributed by atoms with Gasteiger partial charge < -0.3 is 9.80 Å². The Morgan fingerprint density at radius 2 is 1.90 bits per heavy atom. The van der Waals surface area contributed by atoms with Crippen LogP contribution in [-0.2, 0) is 9.59 Å². The van der Waals surface area contributed by atoms with Crippen LogP contribution >= 0.6 is 11.8 Å². The minimum atomic E-state index is -0.251. The lowest BCUT2D eigenvalue weighted by molar-refractivity contribution is -0.131. The maximum absolute atomic E-state index is 14.0. The van der Waals surface area contributed by atoms with E-state index in [2.05, 4.69) is 4.98 Å². The van der Waals surface area contributed by atoms with Crippen LogP contribution in [0.25, 0.3) is 0 Å². The van der Waals surface area contributed by atoms with Crippen LogP contribution in [0.5, 0.6) is 0 Å². The third-order valence-corrected chi connectivity index (χ3v) is 6.25. The average molecular weight is 415 g/mol. The van der Waals surface area contributed by atoms with Gasteiger partial charge in [-0.1, -0.05) is 23.9 Å². The molecule has 1 aromatic carbocycles. The first-order valence-electron chi connectivity index (χ1n) is 9.62. The summed E-state index contributed by atoms with van der Waals surface area (Å²) in [4.78, 5) is 35.3. The van der Waals surface area contributed by atoms with Crippen LogP contribution in [0.2, 0.25) is 0 Å². The Hall–Kier alpha value is -2.61. The van der Waals surface area contributed by atoms with Crippen molar-refractivity contribution in [3.05, 3.63) is 47.4 Å². The van der Waals surface area contributed by atoms with E-state index in [1.165, 1.54) is 17.8 Å². The number of halogens is 1. The first-order valence-corrected chi connectivity index (χ1v) is 10.6. The molecule has 152 valence electrons. The van der Waals surface area contributed by atoms with Gasteiger partial charge >= 0.3 is 0 Å². The Kier molecular flexibility index (Phi) is 5.45. The molecule has 6 nitrogen and oxygen atoms in total. The van der Waals surface area contributed by atoms with Gasteiger partial charge in [0.1, 0.15) is 17.4 Å². The lowest BCUT2D eigenvalue weighted by Crippen LogP contribution is -2.52. The minimum Gasteiger partial charge on any atom is -0.366 e. The predicted octanol–water partition coefficient (Wildman–Crippen LogP) is 2.63. The van der Waals surface area contributed by atoms with Crippen molar-refractivity contribution in [2.75, 3.05) is 48.3 Å². The molecule has 1 fully saturated rings. The molecular weight excluding hydrogens is 391 g/mol. The summed E-state index contributed by atoms with van der Waals surface area (Å²) in [7, 11) is 0. The number of piperazine rings is 1. The number of aryl methyl sites for hydroxylation is 2. The van der Waals surface area contributed by atoms with E-state index in [0.29, 0.717) is 31.9 Å². The highest BCUT2D eigenvalue weighted by Gasteiger charge is 2.31. The number of rotatable bonds is 3. The van der Waals surface area contributed by atoms with Crippen LogP contribution in [0, 0.1) is 19.7 Å². The molecule has 0 aliphatic carbocycles. The Morgan fingerprint density at radius 1 is 1.17 bits per heavy atom. The van der Waals surface area contributed by atoms with Crippen molar-refractivity contribution in [3.63, 3.8) is 0 Å². The lowest BCUT2D eigenvalue weighted by atomic mass is 10.2. The van der Waals surface area contributed by atoms with Crippen molar-refractivity contribution in [1.82, 2.24) is 9.88 Å². The van der Waals surface area contributed by atoms with E-state index in [-0.39, 0.29) is 29.9 Å². The molecule has 0 radical (unpaired) electrons. The molecule has 0 unspecified atom stereocenters. The number of anilines is 2. The standard InChI is InChI=1S/C21H23FN4O2S/c1-14-11-15(2)23-21-20(14)26(19(28)13-29-21)12-18(27)25-9-7-24(8-10-25)17-6-4-3-5-16(17)22/h3-6,11H,7-10,12-13H2,1-2H3. The second kappa shape index (κ2) is 8.02. The Labute approximate surface area is 173 Å². The summed E-state index contributed by atoms with van der Waals surface area (Å²) in [6, 6.07) is 8.62. The van der Waals surface area contributed by atoms with Gasteiger partial charge in [-0.3, -0.25) is 14.5 Å². The molecule has 0 N–H and O–H groups in total. The molecule has 2 amide bonds. The number of aromatic nitrogens is 1. The monoisotopic (exact) mass is 414 g/mol. The Bertz CT molecular complexity index is 960. The zero-order valence-corrected chi connectivity index (χ0v) is 17.3. The molecule has 8 heteroatoms. The molecule has 4 rings (SSSR count). The van der Waals surface area contributed by atoms with Crippen molar-refractivity contribution in [2.24, 2.45) is 0 Å². The summed E-state index contributed by atoms with van der Waals surface area (Å²) >= 11 is 1.42. The normalized spacial score (nSPS) is 16.8. The van der Waals surface area contributed by atoms with Crippen LogP contribution in [0.3, 0.4) is 0 Å². The maximum Gasteiger partial charge on any atom is 0.242 e. The molecule has 1 saturated heterocycles. The van der Waals surface area contributed by atoms with Crippen molar-refractivity contribution in [1.29, 1.82) is 0 Å². The number of para-hydroxylation sites is 1. The topological polar surface area (TPSA) is 56.8 Å². The van der Waals surface area contributed by atoms with E-state index in [1.807, 2.05) is 30.9 Å². The maximum atomic E-state index is 14.0. The number of hydrogen-bond donors (Lipinski definition) is 0. The van der Waals surface area contributed by atoms with Crippen molar-refractivity contribution in [2.45, 2.75) is 18.9 Å². The molecular formula is C21H23FN4O2S. The number of carbonyl (C=O) groups is 2. The highest BCUT2D eigenvalue weighted by atomic mass is 32.2. The second-order valence-corrected chi connectivity index (χ2v) is 8.29. The van der Waals surface area contributed by atoms with E-state index in [1.54, 1.807) is 21.9 Å². The number of benzene rings is 1. The smallest absolute Gasteiger partial charge is 0.242 e. The van der Waals surface area contributed by atoms with Crippen LogP contribution in [0.15, 0.2) is 35.4 Å². The molecule has 29 heavy (non-hydrogen) atoms. The van der Waals surface area contributed by atoms with Gasteiger partial charge in [-0.15, -0.1) is 0 Å². The number of nitrogens with zero attached hydrogens (tertiary/aromatic N) is 4. The molecule has 3 heterocycles.